The molecule has 278 valence electrons. The van der Waals surface area contributed by atoms with E-state index in [-0.39, 0.29) is 0 Å². The van der Waals surface area contributed by atoms with Gasteiger partial charge in [-0.25, -0.2) is 9.97 Å². The topological polar surface area (TPSA) is 35.6 Å². The summed E-state index contributed by atoms with van der Waals surface area (Å²) in [5.41, 5.74) is 10.8. The number of benzene rings is 10. The molecule has 0 saturated carbocycles. The highest BCUT2D eigenvalue weighted by atomic mass is 15.0. The van der Waals surface area contributed by atoms with E-state index in [4.69, 9.17) is 9.97 Å². The summed E-state index contributed by atoms with van der Waals surface area (Å²) in [4.78, 5) is 10.7. The van der Waals surface area contributed by atoms with Crippen LogP contribution in [0.4, 0.5) is 0 Å². The molecule has 0 bridgehead atoms. The zero-order valence-electron chi connectivity index (χ0n) is 32.4. The SMILES string of the molecule is c1ccc(-n2c3ccccc3c3ccc(-c4nc(-c5ccc(-n6c7cc8ccccc8cc7c7c8ccccc8ccc76)c6ccccc56)c5ccccc5n4)cc32)cc1. The zero-order valence-corrected chi connectivity index (χ0v) is 32.4. The van der Waals surface area contributed by atoms with E-state index in [1.54, 1.807) is 0 Å². The molecular weight excluding hydrogens is 729 g/mol. The Morgan fingerprint density at radius 3 is 1.83 bits per heavy atom. The van der Waals surface area contributed by atoms with E-state index in [9.17, 15) is 0 Å². The van der Waals surface area contributed by atoms with Gasteiger partial charge in [0.2, 0.25) is 0 Å². The van der Waals surface area contributed by atoms with E-state index in [1.807, 2.05) is 0 Å². The Bertz CT molecular complexity index is 3890. The van der Waals surface area contributed by atoms with E-state index in [0.717, 1.165) is 55.4 Å². The van der Waals surface area contributed by atoms with Crippen molar-refractivity contribution in [2.75, 3.05) is 0 Å². The molecule has 4 nitrogen and oxygen atoms in total. The van der Waals surface area contributed by atoms with Crippen LogP contribution in [0.2, 0.25) is 0 Å². The number of hydrogen-bond donors (Lipinski definition) is 0. The summed E-state index contributed by atoms with van der Waals surface area (Å²) < 4.78 is 4.82. The predicted octanol–water partition coefficient (Wildman–Crippen LogP) is 14.6. The molecule has 3 heterocycles. The lowest BCUT2D eigenvalue weighted by atomic mass is 9.97. The first kappa shape index (κ1) is 32.9. The lowest BCUT2D eigenvalue weighted by Gasteiger charge is -2.16. The van der Waals surface area contributed by atoms with Crippen molar-refractivity contribution >= 4 is 86.8 Å². The molecule has 0 aliphatic heterocycles. The normalized spacial score (nSPS) is 12.0. The Hall–Kier alpha value is -8.08. The minimum absolute atomic E-state index is 0.699. The lowest BCUT2D eigenvalue weighted by Crippen LogP contribution is -1.99. The number of nitrogens with zero attached hydrogens (tertiary/aromatic N) is 4. The summed E-state index contributed by atoms with van der Waals surface area (Å²) in [6, 6.07) is 74.4. The average Bonchev–Trinajstić information content (AvgIpc) is 3.82. The molecule has 0 spiro atoms. The van der Waals surface area contributed by atoms with E-state index in [2.05, 4.69) is 215 Å². The molecule has 13 aromatic rings. The number of fused-ring (bicyclic) bond motifs is 11. The maximum absolute atomic E-state index is 5.49. The maximum atomic E-state index is 5.49. The predicted molar refractivity (Wildman–Crippen MR) is 252 cm³/mol. The molecule has 0 aliphatic carbocycles. The summed E-state index contributed by atoms with van der Waals surface area (Å²) in [5, 5.41) is 13.2. The van der Waals surface area contributed by atoms with Crippen LogP contribution >= 0.6 is 0 Å². The van der Waals surface area contributed by atoms with Crippen LogP contribution in [0, 0.1) is 0 Å². The van der Waals surface area contributed by atoms with Gasteiger partial charge in [-0.3, -0.25) is 0 Å². The van der Waals surface area contributed by atoms with Crippen LogP contribution in [0.25, 0.3) is 121 Å². The van der Waals surface area contributed by atoms with Crippen LogP contribution in [0.5, 0.6) is 0 Å². The Morgan fingerprint density at radius 2 is 0.983 bits per heavy atom. The van der Waals surface area contributed by atoms with Crippen LogP contribution in [-0.2, 0) is 0 Å². The second-order valence-corrected chi connectivity index (χ2v) is 15.7. The highest BCUT2D eigenvalue weighted by Gasteiger charge is 2.21. The van der Waals surface area contributed by atoms with Crippen molar-refractivity contribution in [2.45, 2.75) is 0 Å². The molecule has 3 aromatic heterocycles. The maximum Gasteiger partial charge on any atom is 0.160 e. The third-order valence-electron chi connectivity index (χ3n) is 12.5. The van der Waals surface area contributed by atoms with E-state index in [1.165, 1.54) is 59.6 Å². The smallest absolute Gasteiger partial charge is 0.160 e. The van der Waals surface area contributed by atoms with Gasteiger partial charge in [0.25, 0.3) is 0 Å². The largest absolute Gasteiger partial charge is 0.309 e. The molecule has 0 N–H and O–H groups in total. The summed E-state index contributed by atoms with van der Waals surface area (Å²) in [7, 11) is 0. The second-order valence-electron chi connectivity index (χ2n) is 15.7. The highest BCUT2D eigenvalue weighted by Crippen LogP contribution is 2.43. The van der Waals surface area contributed by atoms with Crippen molar-refractivity contribution in [1.29, 1.82) is 0 Å². The quantitative estimate of drug-likeness (QED) is 0.179. The third kappa shape index (κ3) is 4.79. The van der Waals surface area contributed by atoms with Gasteiger partial charge in [0.15, 0.2) is 5.82 Å². The Labute approximate surface area is 344 Å². The van der Waals surface area contributed by atoms with Gasteiger partial charge < -0.3 is 9.13 Å². The van der Waals surface area contributed by atoms with Crippen LogP contribution in [-0.4, -0.2) is 19.1 Å². The molecule has 0 aliphatic rings. The minimum Gasteiger partial charge on any atom is -0.309 e. The lowest BCUT2D eigenvalue weighted by molar-refractivity contribution is 1.18. The Balaban J connectivity index is 1.06. The standard InChI is InChI=1S/C56H34N4/c1-2-17-39(18-3-1)59-49-25-13-11-22-43(49)44-28-26-38(34-52(44)59)56-57-48-24-12-10-23-46(48)55(58-56)45-29-31-50(42-21-9-8-20-41(42)45)60-51-30-27-35-14-6-7-19-40(35)54(51)47-32-36-15-4-5-16-37(36)33-53(47)60/h1-34H. The summed E-state index contributed by atoms with van der Waals surface area (Å²) in [6.07, 6.45) is 0. The van der Waals surface area contributed by atoms with Gasteiger partial charge in [-0.2, -0.15) is 0 Å². The van der Waals surface area contributed by atoms with E-state index < -0.39 is 0 Å². The van der Waals surface area contributed by atoms with Crippen LogP contribution in [0.1, 0.15) is 0 Å². The first-order valence-electron chi connectivity index (χ1n) is 20.5. The molecule has 60 heavy (non-hydrogen) atoms. The van der Waals surface area contributed by atoms with Crippen molar-refractivity contribution < 1.29 is 0 Å². The van der Waals surface area contributed by atoms with Gasteiger partial charge in [-0.15, -0.1) is 0 Å². The number of hydrogen-bond acceptors (Lipinski definition) is 2. The molecular formula is C56H34N4. The highest BCUT2D eigenvalue weighted by molar-refractivity contribution is 6.24. The minimum atomic E-state index is 0.699. The molecule has 4 heteroatoms. The summed E-state index contributed by atoms with van der Waals surface area (Å²) >= 11 is 0. The molecule has 0 amide bonds. The van der Waals surface area contributed by atoms with Crippen molar-refractivity contribution in [3.05, 3.63) is 206 Å². The van der Waals surface area contributed by atoms with Crippen LogP contribution in [0.3, 0.4) is 0 Å². The van der Waals surface area contributed by atoms with Gasteiger partial charge >= 0.3 is 0 Å². The average molecular weight is 763 g/mol. The van der Waals surface area contributed by atoms with Crippen molar-refractivity contribution in [3.63, 3.8) is 0 Å². The third-order valence-corrected chi connectivity index (χ3v) is 12.5. The van der Waals surface area contributed by atoms with Crippen LogP contribution in [0.15, 0.2) is 206 Å². The van der Waals surface area contributed by atoms with Crippen LogP contribution < -0.4 is 0 Å². The fourth-order valence-electron chi connectivity index (χ4n) is 9.79. The Kier molecular flexibility index (Phi) is 6.98. The number of rotatable bonds is 4. The van der Waals surface area contributed by atoms with Crippen molar-refractivity contribution in [2.24, 2.45) is 0 Å². The summed E-state index contributed by atoms with van der Waals surface area (Å²) in [5.74, 6) is 0.699. The number of aromatic nitrogens is 4. The van der Waals surface area contributed by atoms with Crippen molar-refractivity contribution in [1.82, 2.24) is 19.1 Å². The fourth-order valence-corrected chi connectivity index (χ4v) is 9.79. The molecule has 0 unspecified atom stereocenters. The first-order chi connectivity index (χ1) is 29.8. The van der Waals surface area contributed by atoms with Gasteiger partial charge in [0.05, 0.1) is 39.0 Å². The molecule has 13 rings (SSSR count). The van der Waals surface area contributed by atoms with Gasteiger partial charge in [-0.1, -0.05) is 152 Å². The first-order valence-corrected chi connectivity index (χ1v) is 20.5. The van der Waals surface area contributed by atoms with E-state index >= 15 is 0 Å². The molecule has 0 saturated heterocycles. The fraction of sp³-hybridized carbons (Fsp3) is 0. The zero-order chi connectivity index (χ0) is 39.3. The summed E-state index contributed by atoms with van der Waals surface area (Å²) in [6.45, 7) is 0. The van der Waals surface area contributed by atoms with Gasteiger partial charge in [0.1, 0.15) is 0 Å². The van der Waals surface area contributed by atoms with Gasteiger partial charge in [0, 0.05) is 49.1 Å². The molecule has 10 aromatic carbocycles. The number of para-hydroxylation sites is 3. The molecule has 0 fully saturated rings. The van der Waals surface area contributed by atoms with E-state index in [0.29, 0.717) is 5.82 Å². The Morgan fingerprint density at radius 1 is 0.333 bits per heavy atom. The second kappa shape index (κ2) is 12.7. The molecule has 0 atom stereocenters. The van der Waals surface area contributed by atoms with Gasteiger partial charge in [-0.05, 0) is 81.5 Å². The van der Waals surface area contributed by atoms with Crippen molar-refractivity contribution in [3.8, 4) is 34.0 Å². The molecule has 0 radical (unpaired) electrons. The monoisotopic (exact) mass is 762 g/mol.